The topological polar surface area (TPSA) is 172 Å². The van der Waals surface area contributed by atoms with Gasteiger partial charge in [-0.3, -0.25) is 19.2 Å². The van der Waals surface area contributed by atoms with Crippen LogP contribution in [0.5, 0.6) is 0 Å². The highest BCUT2D eigenvalue weighted by molar-refractivity contribution is 7.81. The van der Waals surface area contributed by atoms with Crippen LogP contribution in [0, 0.1) is 0 Å². The number of nitrogens with one attached hydrogen (secondary N) is 4. The van der Waals surface area contributed by atoms with Crippen LogP contribution in [0.4, 0.5) is 11.4 Å². The van der Waals surface area contributed by atoms with Gasteiger partial charge in [-0.1, -0.05) is 6.07 Å². The molecule has 34 heavy (non-hydrogen) atoms. The van der Waals surface area contributed by atoms with Crippen molar-refractivity contribution in [2.75, 3.05) is 35.2 Å². The maximum absolute atomic E-state index is 12.8. The molecule has 0 radical (unpaired) electrons. The lowest BCUT2D eigenvalue weighted by atomic mass is 10.1. The summed E-state index contributed by atoms with van der Waals surface area (Å²) in [5.41, 5.74) is 8.53. The van der Waals surface area contributed by atoms with Crippen LogP contribution < -0.4 is 32.7 Å². The van der Waals surface area contributed by atoms with Crippen LogP contribution in [-0.4, -0.2) is 60.3 Å². The fourth-order valence-corrected chi connectivity index (χ4v) is 3.38. The summed E-state index contributed by atoms with van der Waals surface area (Å²) in [7, 11) is 0. The van der Waals surface area contributed by atoms with E-state index in [1.165, 1.54) is 0 Å². The molecule has 0 heterocycles. The minimum absolute atomic E-state index is 0.0136. The first-order chi connectivity index (χ1) is 16.3. The molecule has 0 saturated carbocycles. The van der Waals surface area contributed by atoms with Gasteiger partial charge in [-0.2, -0.15) is 25.3 Å². The van der Waals surface area contributed by atoms with Gasteiger partial charge in [0.1, 0.15) is 12.1 Å². The van der Waals surface area contributed by atoms with Gasteiger partial charge in [0, 0.05) is 11.4 Å². The highest BCUT2D eigenvalue weighted by atomic mass is 32.1. The molecule has 1 rings (SSSR count). The predicted molar refractivity (Wildman–Crippen MR) is 138 cm³/mol. The molecular weight excluding hydrogens is 476 g/mol. The highest BCUT2D eigenvalue weighted by Crippen LogP contribution is 2.17. The number of carbonyl (C=O) groups is 4. The molecule has 10 nitrogen and oxygen atoms in total. The Balaban J connectivity index is 2.85. The van der Waals surface area contributed by atoms with E-state index < -0.39 is 12.1 Å². The standard InChI is InChI=1S/C22H36N6O4S2/c23-10-3-1-8-17(27-19(29)13-33)21(31)25-15-6-5-7-16(12-15)26-22(32)18(9-2-4-11-24)28-20(30)14-34/h5-7,12,17-18,33-34H,1-4,8-11,13-14,23-24H2,(H,25,31)(H,26,32)(H,27,29)(H,28,30)/p+2. The number of unbranched alkanes of at least 4 members (excludes halogenated alkanes) is 2. The molecule has 0 spiro atoms. The molecule has 1 aromatic carbocycles. The Kier molecular flexibility index (Phi) is 15.0. The normalized spacial score (nSPS) is 12.4. The molecule has 2 atom stereocenters. The minimum atomic E-state index is -0.696. The zero-order chi connectivity index (χ0) is 25.3. The molecule has 10 N–H and O–H groups in total. The van der Waals surface area contributed by atoms with E-state index in [4.69, 9.17) is 0 Å². The Morgan fingerprint density at radius 2 is 1.15 bits per heavy atom. The first kappa shape index (κ1) is 29.8. The number of thiol groups is 2. The van der Waals surface area contributed by atoms with E-state index in [1.54, 1.807) is 24.3 Å². The van der Waals surface area contributed by atoms with Gasteiger partial charge in [0.2, 0.25) is 23.6 Å². The smallest absolute Gasteiger partial charge is 0.246 e. The van der Waals surface area contributed by atoms with E-state index in [2.05, 4.69) is 58.0 Å². The Labute approximate surface area is 211 Å². The molecule has 0 fully saturated rings. The largest absolute Gasteiger partial charge is 0.358 e. The Morgan fingerprint density at radius 3 is 1.50 bits per heavy atom. The number of rotatable bonds is 16. The van der Waals surface area contributed by atoms with Crippen molar-refractivity contribution in [3.05, 3.63) is 24.3 Å². The van der Waals surface area contributed by atoms with Crippen LogP contribution >= 0.6 is 25.3 Å². The summed E-state index contributed by atoms with van der Waals surface area (Å²) in [4.78, 5) is 49.1. The molecule has 0 bridgehead atoms. The Hall–Kier alpha value is -2.28. The average Bonchev–Trinajstić information content (AvgIpc) is 2.82. The van der Waals surface area contributed by atoms with E-state index in [0.29, 0.717) is 24.2 Å². The zero-order valence-corrected chi connectivity index (χ0v) is 21.3. The first-order valence-corrected chi connectivity index (χ1v) is 12.7. The van der Waals surface area contributed by atoms with Gasteiger partial charge >= 0.3 is 0 Å². The number of hydrogen-bond donors (Lipinski definition) is 8. The van der Waals surface area contributed by atoms with Gasteiger partial charge in [-0.05, 0) is 56.7 Å². The second-order valence-corrected chi connectivity index (χ2v) is 8.45. The SMILES string of the molecule is [NH3+]CCCCC(NC(=O)CS)C(=O)Nc1cccc(NC(=O)C(CCCC[NH3+])NC(=O)CS)c1. The first-order valence-electron chi connectivity index (χ1n) is 11.4. The second kappa shape index (κ2) is 17.2. The molecule has 1 aromatic rings. The molecular formula is C22H38N6O4S2+2. The molecule has 12 heteroatoms. The minimum Gasteiger partial charge on any atom is -0.358 e. The van der Waals surface area contributed by atoms with Crippen LogP contribution in [0.15, 0.2) is 24.3 Å². The maximum atomic E-state index is 12.8. The van der Waals surface area contributed by atoms with Gasteiger partial charge < -0.3 is 32.7 Å². The Morgan fingerprint density at radius 1 is 0.735 bits per heavy atom. The number of benzene rings is 1. The van der Waals surface area contributed by atoms with Gasteiger partial charge in [-0.25, -0.2) is 0 Å². The Bertz CT molecular complexity index is 750. The van der Waals surface area contributed by atoms with Crippen LogP contribution in [0.25, 0.3) is 0 Å². The third-order valence-corrected chi connectivity index (χ3v) is 5.55. The molecule has 0 aromatic heterocycles. The molecule has 190 valence electrons. The summed E-state index contributed by atoms with van der Waals surface area (Å²) in [6, 6.07) is 5.30. The lowest BCUT2D eigenvalue weighted by Gasteiger charge is -2.19. The molecule has 0 aliphatic rings. The van der Waals surface area contributed by atoms with Crippen molar-refractivity contribution in [2.24, 2.45) is 0 Å². The number of anilines is 2. The number of hydrogen-bond acceptors (Lipinski definition) is 6. The van der Waals surface area contributed by atoms with Crippen LogP contribution in [-0.2, 0) is 19.2 Å². The molecule has 4 amide bonds. The molecule has 0 saturated heterocycles. The quantitative estimate of drug-likeness (QED) is 0.107. The summed E-state index contributed by atoms with van der Waals surface area (Å²) in [5.74, 6) is -1.38. The van der Waals surface area contributed by atoms with Crippen LogP contribution in [0.3, 0.4) is 0 Å². The summed E-state index contributed by atoms with van der Waals surface area (Å²) in [6.07, 6.45) is 4.16. The van der Waals surface area contributed by atoms with Crippen molar-refractivity contribution in [3.8, 4) is 0 Å². The summed E-state index contributed by atoms with van der Waals surface area (Å²) < 4.78 is 0. The van der Waals surface area contributed by atoms with E-state index in [-0.39, 0.29) is 35.1 Å². The van der Waals surface area contributed by atoms with E-state index in [1.807, 2.05) is 0 Å². The van der Waals surface area contributed by atoms with Crippen LogP contribution in [0.2, 0.25) is 0 Å². The predicted octanol–water partition coefficient (Wildman–Crippen LogP) is -0.783. The zero-order valence-electron chi connectivity index (χ0n) is 19.5. The third kappa shape index (κ3) is 11.7. The van der Waals surface area contributed by atoms with Crippen molar-refractivity contribution in [1.29, 1.82) is 0 Å². The molecule has 0 aliphatic heterocycles. The van der Waals surface area contributed by atoms with Crippen molar-refractivity contribution in [2.45, 2.75) is 50.6 Å². The summed E-state index contributed by atoms with van der Waals surface area (Å²) >= 11 is 7.91. The fraction of sp³-hybridized carbons (Fsp3) is 0.545. The van der Waals surface area contributed by atoms with E-state index >= 15 is 0 Å². The van der Waals surface area contributed by atoms with Gasteiger partial charge in [-0.15, -0.1) is 0 Å². The number of amides is 4. The highest BCUT2D eigenvalue weighted by Gasteiger charge is 2.22. The summed E-state index contributed by atoms with van der Waals surface area (Å²) in [6.45, 7) is 1.50. The fourth-order valence-electron chi connectivity index (χ4n) is 3.20. The summed E-state index contributed by atoms with van der Waals surface area (Å²) in [5, 5.41) is 11.0. The lowest BCUT2D eigenvalue weighted by Crippen LogP contribution is -2.50. The van der Waals surface area contributed by atoms with Gasteiger partial charge in [0.25, 0.3) is 0 Å². The van der Waals surface area contributed by atoms with Crippen molar-refractivity contribution in [3.63, 3.8) is 0 Å². The van der Waals surface area contributed by atoms with E-state index in [9.17, 15) is 19.2 Å². The molecule has 2 unspecified atom stereocenters. The van der Waals surface area contributed by atoms with Gasteiger partial charge in [0.05, 0.1) is 24.6 Å². The second-order valence-electron chi connectivity index (χ2n) is 7.81. The maximum Gasteiger partial charge on any atom is 0.246 e. The van der Waals surface area contributed by atoms with Gasteiger partial charge in [0.15, 0.2) is 0 Å². The average molecular weight is 515 g/mol. The lowest BCUT2D eigenvalue weighted by molar-refractivity contribution is -0.368. The van der Waals surface area contributed by atoms with Crippen molar-refractivity contribution < 1.29 is 30.6 Å². The third-order valence-electron chi connectivity index (χ3n) is 4.97. The van der Waals surface area contributed by atoms with Crippen LogP contribution in [0.1, 0.15) is 38.5 Å². The number of carbonyl (C=O) groups excluding carboxylic acids is 4. The van der Waals surface area contributed by atoms with Crippen molar-refractivity contribution in [1.82, 2.24) is 10.6 Å². The van der Waals surface area contributed by atoms with Crippen molar-refractivity contribution >= 4 is 60.3 Å². The molecule has 0 aliphatic carbocycles. The monoisotopic (exact) mass is 514 g/mol. The van der Waals surface area contributed by atoms with E-state index in [0.717, 1.165) is 38.8 Å². The number of quaternary nitrogens is 2.